The maximum atomic E-state index is 12.2. The molecular formula is C15H18BrN3O. The van der Waals surface area contributed by atoms with Gasteiger partial charge < -0.3 is 5.73 Å². The number of aryl methyl sites for hydroxylation is 2. The molecule has 0 unspecified atom stereocenters. The smallest absolute Gasteiger partial charge is 0.143 e. The van der Waals surface area contributed by atoms with Crippen molar-refractivity contribution in [1.29, 1.82) is 0 Å². The van der Waals surface area contributed by atoms with Crippen molar-refractivity contribution in [3.63, 3.8) is 0 Å². The number of carbonyl (C=O) groups excluding carboxylic acids is 1. The minimum Gasteiger partial charge on any atom is -0.399 e. The number of anilines is 1. The largest absolute Gasteiger partial charge is 0.399 e. The number of halogens is 1. The first kappa shape index (κ1) is 14.8. The topological polar surface area (TPSA) is 60.9 Å². The molecule has 0 aliphatic heterocycles. The molecule has 0 amide bonds. The Kier molecular flexibility index (Phi) is 4.60. The lowest BCUT2D eigenvalue weighted by Crippen LogP contribution is -2.10. The number of Topliss-reactive ketones (excluding diaryl/α,β-unsaturated/α-hetero) is 1. The van der Waals surface area contributed by atoms with E-state index >= 15 is 0 Å². The van der Waals surface area contributed by atoms with Crippen LogP contribution < -0.4 is 5.73 Å². The lowest BCUT2D eigenvalue weighted by molar-refractivity contribution is -0.117. The molecule has 5 heteroatoms. The van der Waals surface area contributed by atoms with Crippen LogP contribution in [0.4, 0.5) is 5.69 Å². The van der Waals surface area contributed by atoms with Gasteiger partial charge in [-0.2, -0.15) is 5.10 Å². The van der Waals surface area contributed by atoms with E-state index in [0.717, 1.165) is 27.8 Å². The fourth-order valence-electron chi connectivity index (χ4n) is 2.12. The van der Waals surface area contributed by atoms with Crippen molar-refractivity contribution in [2.45, 2.75) is 26.2 Å². The van der Waals surface area contributed by atoms with Gasteiger partial charge in [-0.3, -0.25) is 9.48 Å². The molecule has 106 valence electrons. The highest BCUT2D eigenvalue weighted by molar-refractivity contribution is 9.10. The quantitative estimate of drug-likeness (QED) is 0.854. The van der Waals surface area contributed by atoms with E-state index in [1.54, 1.807) is 4.68 Å². The Morgan fingerprint density at radius 3 is 2.50 bits per heavy atom. The first-order valence-electron chi connectivity index (χ1n) is 6.57. The predicted octanol–water partition coefficient (Wildman–Crippen LogP) is 2.68. The number of ketones is 1. The fraction of sp³-hybridized carbons (Fsp3) is 0.333. The van der Waals surface area contributed by atoms with Crippen LogP contribution in [0.1, 0.15) is 23.9 Å². The Hall–Kier alpha value is -1.62. The highest BCUT2D eigenvalue weighted by Gasteiger charge is 2.15. The molecule has 0 aliphatic carbocycles. The Morgan fingerprint density at radius 1 is 1.30 bits per heavy atom. The number of rotatable bonds is 5. The van der Waals surface area contributed by atoms with Crippen molar-refractivity contribution >= 4 is 27.4 Å². The van der Waals surface area contributed by atoms with Gasteiger partial charge in [-0.25, -0.2) is 0 Å². The fourth-order valence-corrected chi connectivity index (χ4v) is 2.88. The number of nitrogens with two attached hydrogens (primary N) is 1. The van der Waals surface area contributed by atoms with Crippen LogP contribution in [0.3, 0.4) is 0 Å². The van der Waals surface area contributed by atoms with Crippen molar-refractivity contribution in [1.82, 2.24) is 9.78 Å². The summed E-state index contributed by atoms with van der Waals surface area (Å²) in [6.45, 7) is 2.05. The normalized spacial score (nSPS) is 10.8. The number of hydrogen-bond donors (Lipinski definition) is 1. The van der Waals surface area contributed by atoms with Crippen molar-refractivity contribution in [2.75, 3.05) is 5.73 Å². The number of carbonyl (C=O) groups is 1. The van der Waals surface area contributed by atoms with E-state index in [1.165, 1.54) is 0 Å². The van der Waals surface area contributed by atoms with Crippen molar-refractivity contribution in [3.05, 3.63) is 45.7 Å². The average molecular weight is 336 g/mol. The molecule has 2 aromatic rings. The third kappa shape index (κ3) is 3.28. The molecule has 0 atom stereocenters. The molecule has 1 aromatic heterocycles. The summed E-state index contributed by atoms with van der Waals surface area (Å²) in [4.78, 5) is 12.2. The Morgan fingerprint density at radius 2 is 1.95 bits per heavy atom. The van der Waals surface area contributed by atoms with Crippen LogP contribution >= 0.6 is 15.9 Å². The molecule has 2 rings (SSSR count). The van der Waals surface area contributed by atoms with Gasteiger partial charge in [0.1, 0.15) is 5.78 Å². The SMILES string of the molecule is CCc1nn(C)c(CC(=O)Cc2ccc(N)cc2)c1Br. The zero-order valence-corrected chi connectivity index (χ0v) is 13.3. The van der Waals surface area contributed by atoms with Crippen molar-refractivity contribution in [3.8, 4) is 0 Å². The summed E-state index contributed by atoms with van der Waals surface area (Å²) in [5, 5.41) is 4.40. The summed E-state index contributed by atoms with van der Waals surface area (Å²) in [7, 11) is 1.87. The summed E-state index contributed by atoms with van der Waals surface area (Å²) in [6, 6.07) is 7.42. The van der Waals surface area contributed by atoms with Crippen LogP contribution in [0.15, 0.2) is 28.7 Å². The molecule has 20 heavy (non-hydrogen) atoms. The number of aromatic nitrogens is 2. The predicted molar refractivity (Wildman–Crippen MR) is 83.6 cm³/mol. The zero-order valence-electron chi connectivity index (χ0n) is 11.7. The molecule has 0 spiro atoms. The van der Waals surface area contributed by atoms with E-state index in [-0.39, 0.29) is 5.78 Å². The maximum absolute atomic E-state index is 12.2. The highest BCUT2D eigenvalue weighted by Crippen LogP contribution is 2.22. The summed E-state index contributed by atoms with van der Waals surface area (Å²) in [5.41, 5.74) is 9.25. The van der Waals surface area contributed by atoms with Gasteiger partial charge in [-0.1, -0.05) is 19.1 Å². The lowest BCUT2D eigenvalue weighted by atomic mass is 10.1. The Bertz CT molecular complexity index is 617. The molecule has 0 fully saturated rings. The molecule has 1 heterocycles. The third-order valence-electron chi connectivity index (χ3n) is 3.25. The second-order valence-electron chi connectivity index (χ2n) is 4.82. The number of nitrogens with zero attached hydrogens (tertiary/aromatic N) is 2. The van der Waals surface area contributed by atoms with Crippen LogP contribution in [-0.2, 0) is 31.1 Å². The van der Waals surface area contributed by atoms with Gasteiger partial charge in [0, 0.05) is 25.6 Å². The van der Waals surface area contributed by atoms with E-state index < -0.39 is 0 Å². The van der Waals surface area contributed by atoms with Gasteiger partial charge in [0.15, 0.2) is 0 Å². The van der Waals surface area contributed by atoms with Crippen LogP contribution in [-0.4, -0.2) is 15.6 Å². The zero-order chi connectivity index (χ0) is 14.7. The van der Waals surface area contributed by atoms with E-state index in [9.17, 15) is 4.79 Å². The minimum absolute atomic E-state index is 0.168. The van der Waals surface area contributed by atoms with Crippen LogP contribution in [0, 0.1) is 0 Å². The third-order valence-corrected chi connectivity index (χ3v) is 4.16. The van der Waals surface area contributed by atoms with E-state index in [4.69, 9.17) is 5.73 Å². The molecule has 0 radical (unpaired) electrons. The van der Waals surface area contributed by atoms with Gasteiger partial charge >= 0.3 is 0 Å². The summed E-state index contributed by atoms with van der Waals surface area (Å²) >= 11 is 3.53. The molecule has 1 aromatic carbocycles. The van der Waals surface area contributed by atoms with Gasteiger partial charge in [0.25, 0.3) is 0 Å². The van der Waals surface area contributed by atoms with Crippen LogP contribution in [0.5, 0.6) is 0 Å². The second kappa shape index (κ2) is 6.22. The molecule has 0 saturated heterocycles. The molecule has 4 nitrogen and oxygen atoms in total. The van der Waals surface area contributed by atoms with Crippen molar-refractivity contribution < 1.29 is 4.79 Å². The summed E-state index contributed by atoms with van der Waals surface area (Å²) < 4.78 is 2.73. The van der Waals surface area contributed by atoms with Crippen molar-refractivity contribution in [2.24, 2.45) is 7.05 Å². The van der Waals surface area contributed by atoms with E-state index in [1.807, 2.05) is 38.2 Å². The number of hydrogen-bond acceptors (Lipinski definition) is 3. The lowest BCUT2D eigenvalue weighted by Gasteiger charge is -2.04. The highest BCUT2D eigenvalue weighted by atomic mass is 79.9. The Labute approximate surface area is 127 Å². The average Bonchev–Trinajstić information content (AvgIpc) is 2.69. The first-order valence-corrected chi connectivity index (χ1v) is 7.37. The van der Waals surface area contributed by atoms with Gasteiger partial charge in [0.05, 0.1) is 15.9 Å². The van der Waals surface area contributed by atoms with E-state index in [0.29, 0.717) is 18.5 Å². The first-order chi connectivity index (χ1) is 9.51. The summed E-state index contributed by atoms with van der Waals surface area (Å²) in [5.74, 6) is 0.168. The van der Waals surface area contributed by atoms with Gasteiger partial charge in [-0.15, -0.1) is 0 Å². The molecular weight excluding hydrogens is 318 g/mol. The molecule has 0 aliphatic rings. The van der Waals surface area contributed by atoms with E-state index in [2.05, 4.69) is 21.0 Å². The Balaban J connectivity index is 2.08. The molecule has 2 N–H and O–H groups in total. The number of nitrogen functional groups attached to an aromatic ring is 1. The maximum Gasteiger partial charge on any atom is 0.143 e. The van der Waals surface area contributed by atoms with Crippen LogP contribution in [0.25, 0.3) is 0 Å². The van der Waals surface area contributed by atoms with Gasteiger partial charge in [-0.05, 0) is 40.0 Å². The standard InChI is InChI=1S/C15H18BrN3O/c1-3-13-15(16)14(19(2)18-13)9-12(20)8-10-4-6-11(17)7-5-10/h4-7H,3,8-9,17H2,1-2H3. The monoisotopic (exact) mass is 335 g/mol. The molecule has 0 saturated carbocycles. The minimum atomic E-state index is 0.168. The van der Waals surface area contributed by atoms with Gasteiger partial charge in [0.2, 0.25) is 0 Å². The summed E-state index contributed by atoms with van der Waals surface area (Å²) in [6.07, 6.45) is 1.65. The second-order valence-corrected chi connectivity index (χ2v) is 5.61. The molecule has 0 bridgehead atoms. The number of benzene rings is 1. The van der Waals surface area contributed by atoms with Crippen LogP contribution in [0.2, 0.25) is 0 Å².